The van der Waals surface area contributed by atoms with Crippen molar-refractivity contribution in [2.24, 2.45) is 0 Å². The van der Waals surface area contributed by atoms with Crippen LogP contribution in [-0.4, -0.2) is 41.5 Å². The molecule has 32 heavy (non-hydrogen) atoms. The van der Waals surface area contributed by atoms with Crippen LogP contribution in [0.5, 0.6) is 0 Å². The van der Waals surface area contributed by atoms with Crippen molar-refractivity contribution in [3.63, 3.8) is 0 Å². The molecule has 0 aromatic heterocycles. The average Bonchev–Trinajstić information content (AvgIpc) is 3.22. The molecule has 0 N–H and O–H groups in total. The van der Waals surface area contributed by atoms with E-state index in [4.69, 9.17) is 0 Å². The molecule has 2 aromatic carbocycles. The van der Waals surface area contributed by atoms with Crippen LogP contribution in [0, 0.1) is 11.6 Å². The first kappa shape index (κ1) is 24.4. The summed E-state index contributed by atoms with van der Waals surface area (Å²) in [6.45, 7) is 4.61. The van der Waals surface area contributed by atoms with Crippen LogP contribution in [0.15, 0.2) is 54.1 Å². The van der Waals surface area contributed by atoms with Gasteiger partial charge in [-0.25, -0.2) is 8.78 Å². The van der Waals surface area contributed by atoms with Crippen molar-refractivity contribution in [1.29, 1.82) is 0 Å². The van der Waals surface area contributed by atoms with Crippen molar-refractivity contribution in [1.82, 2.24) is 9.80 Å². The lowest BCUT2D eigenvalue weighted by molar-refractivity contribution is -0.135. The van der Waals surface area contributed by atoms with Crippen LogP contribution in [0.4, 0.5) is 8.78 Å². The van der Waals surface area contributed by atoms with Crippen molar-refractivity contribution in [3.05, 3.63) is 76.9 Å². The summed E-state index contributed by atoms with van der Waals surface area (Å²) in [6, 6.07) is 12.9. The fourth-order valence-electron chi connectivity index (χ4n) is 4.85. The summed E-state index contributed by atoms with van der Waals surface area (Å²) < 4.78 is 27.2. The minimum absolute atomic E-state index is 0. The molecule has 2 saturated heterocycles. The molecule has 0 radical (unpaired) electrons. The fourth-order valence-corrected chi connectivity index (χ4v) is 4.85. The van der Waals surface area contributed by atoms with Gasteiger partial charge in [0.05, 0.1) is 6.17 Å². The zero-order chi connectivity index (χ0) is 21.8. The molecule has 1 atom stereocenters. The van der Waals surface area contributed by atoms with Crippen LogP contribution in [0.1, 0.15) is 56.6 Å². The molecule has 1 unspecified atom stereocenters. The van der Waals surface area contributed by atoms with Crippen molar-refractivity contribution in [2.75, 3.05) is 19.6 Å². The third-order valence-corrected chi connectivity index (χ3v) is 6.37. The second kappa shape index (κ2) is 11.1. The zero-order valence-electron chi connectivity index (χ0n) is 18.5. The second-order valence-electron chi connectivity index (χ2n) is 8.55. The summed E-state index contributed by atoms with van der Waals surface area (Å²) in [4.78, 5) is 17.5. The molecule has 2 fully saturated rings. The van der Waals surface area contributed by atoms with E-state index in [9.17, 15) is 13.6 Å². The van der Waals surface area contributed by atoms with Gasteiger partial charge >= 0.3 is 0 Å². The first-order valence-electron chi connectivity index (χ1n) is 11.3. The van der Waals surface area contributed by atoms with Crippen molar-refractivity contribution in [2.45, 2.75) is 51.6 Å². The Kier molecular flexibility index (Phi) is 8.44. The molecular weight excluding hydrogens is 430 g/mol. The van der Waals surface area contributed by atoms with Gasteiger partial charge in [-0.3, -0.25) is 9.69 Å². The third kappa shape index (κ3) is 5.38. The molecule has 0 bridgehead atoms. The van der Waals surface area contributed by atoms with Gasteiger partial charge in [-0.05, 0) is 65.8 Å². The second-order valence-corrected chi connectivity index (χ2v) is 8.55. The number of piperidine rings is 1. The quantitative estimate of drug-likeness (QED) is 0.543. The van der Waals surface area contributed by atoms with E-state index >= 15 is 0 Å². The number of amides is 1. The van der Waals surface area contributed by atoms with Gasteiger partial charge in [-0.15, -0.1) is 12.4 Å². The zero-order valence-corrected chi connectivity index (χ0v) is 19.3. The Bertz CT molecular complexity index is 890. The van der Waals surface area contributed by atoms with Crippen molar-refractivity contribution in [3.8, 4) is 0 Å². The molecule has 1 amide bonds. The van der Waals surface area contributed by atoms with Gasteiger partial charge in [0.2, 0.25) is 5.91 Å². The fraction of sp³-hybridized carbons (Fsp3) is 0.423. The molecule has 0 saturated carbocycles. The molecule has 3 nitrogen and oxygen atoms in total. The number of benzene rings is 2. The Labute approximate surface area is 195 Å². The summed E-state index contributed by atoms with van der Waals surface area (Å²) in [7, 11) is 0. The minimum Gasteiger partial charge on any atom is -0.323 e. The van der Waals surface area contributed by atoms with Crippen LogP contribution in [-0.2, 0) is 4.79 Å². The summed E-state index contributed by atoms with van der Waals surface area (Å²) in [6.07, 6.45) is 5.75. The standard InChI is InChI=1S/C26H30F2N2O.ClH/c1-2-6-25(31)30-18-21(17-24(30)29-15-4-3-5-16-29)26(19-7-11-22(27)12-8-19)20-9-13-23(28)14-10-20;/h7-14,24H,2-6,15-18H2,1H3;1H. The van der Waals surface area contributed by atoms with E-state index < -0.39 is 0 Å². The van der Waals surface area contributed by atoms with Crippen molar-refractivity contribution >= 4 is 23.9 Å². The average molecular weight is 461 g/mol. The molecule has 0 spiro atoms. The maximum atomic E-state index is 13.6. The highest BCUT2D eigenvalue weighted by atomic mass is 35.5. The lowest BCUT2D eigenvalue weighted by Gasteiger charge is -2.37. The monoisotopic (exact) mass is 460 g/mol. The van der Waals surface area contributed by atoms with Gasteiger partial charge in [-0.1, -0.05) is 37.6 Å². The summed E-state index contributed by atoms with van der Waals surface area (Å²) in [5, 5.41) is 0. The molecular formula is C26H31ClF2N2O. The van der Waals surface area contributed by atoms with E-state index in [0.29, 0.717) is 13.0 Å². The molecule has 2 heterocycles. The van der Waals surface area contributed by atoms with Gasteiger partial charge in [0.25, 0.3) is 0 Å². The number of nitrogens with zero attached hydrogens (tertiary/aromatic N) is 2. The highest BCUT2D eigenvalue weighted by molar-refractivity contribution is 5.85. The number of carbonyl (C=O) groups is 1. The molecule has 0 aliphatic carbocycles. The van der Waals surface area contributed by atoms with Gasteiger partial charge in [0, 0.05) is 32.5 Å². The smallest absolute Gasteiger partial charge is 0.224 e. The van der Waals surface area contributed by atoms with E-state index in [1.54, 1.807) is 24.3 Å². The number of rotatable bonds is 5. The van der Waals surface area contributed by atoms with Crippen LogP contribution >= 0.6 is 12.4 Å². The highest BCUT2D eigenvalue weighted by Crippen LogP contribution is 2.36. The Morgan fingerprint density at radius 3 is 1.94 bits per heavy atom. The van der Waals surface area contributed by atoms with Gasteiger partial charge < -0.3 is 4.90 Å². The molecule has 2 aliphatic rings. The topological polar surface area (TPSA) is 23.6 Å². The van der Waals surface area contributed by atoms with Gasteiger partial charge in [-0.2, -0.15) is 0 Å². The first-order chi connectivity index (χ1) is 15.1. The third-order valence-electron chi connectivity index (χ3n) is 6.37. The van der Waals surface area contributed by atoms with Crippen LogP contribution in [0.25, 0.3) is 5.57 Å². The van der Waals surface area contributed by atoms with E-state index in [1.807, 2.05) is 11.8 Å². The van der Waals surface area contributed by atoms with Crippen LogP contribution in [0.2, 0.25) is 0 Å². The lowest BCUT2D eigenvalue weighted by atomic mass is 9.92. The van der Waals surface area contributed by atoms with E-state index in [1.165, 1.54) is 30.7 Å². The van der Waals surface area contributed by atoms with E-state index in [-0.39, 0.29) is 36.1 Å². The lowest BCUT2D eigenvalue weighted by Crippen LogP contribution is -2.49. The Balaban J connectivity index is 0.00000289. The normalized spacial score (nSPS) is 19.0. The number of likely N-dealkylation sites (tertiary alicyclic amines) is 2. The SMILES string of the molecule is CCCC(=O)N1CC(=C(c2ccc(F)cc2)c2ccc(F)cc2)CC1N1CCCCC1.Cl. The van der Waals surface area contributed by atoms with Crippen molar-refractivity contribution < 1.29 is 13.6 Å². The maximum Gasteiger partial charge on any atom is 0.224 e. The number of halogens is 3. The van der Waals surface area contributed by atoms with E-state index in [0.717, 1.165) is 61.0 Å². The Morgan fingerprint density at radius 2 is 1.44 bits per heavy atom. The Hall–Kier alpha value is -2.24. The van der Waals surface area contributed by atoms with Gasteiger partial charge in [0.15, 0.2) is 0 Å². The first-order valence-corrected chi connectivity index (χ1v) is 11.3. The molecule has 172 valence electrons. The predicted octanol–water partition coefficient (Wildman–Crippen LogP) is 6.03. The summed E-state index contributed by atoms with van der Waals surface area (Å²) in [5.41, 5.74) is 3.92. The van der Waals surface area contributed by atoms with E-state index in [2.05, 4.69) is 4.90 Å². The predicted molar refractivity (Wildman–Crippen MR) is 127 cm³/mol. The molecule has 6 heteroatoms. The number of hydrogen-bond acceptors (Lipinski definition) is 2. The number of hydrogen-bond donors (Lipinski definition) is 0. The Morgan fingerprint density at radius 1 is 0.906 bits per heavy atom. The van der Waals surface area contributed by atoms with Crippen LogP contribution < -0.4 is 0 Å². The number of carbonyl (C=O) groups excluding carboxylic acids is 1. The largest absolute Gasteiger partial charge is 0.323 e. The molecule has 4 rings (SSSR count). The van der Waals surface area contributed by atoms with Crippen LogP contribution in [0.3, 0.4) is 0 Å². The van der Waals surface area contributed by atoms with Gasteiger partial charge in [0.1, 0.15) is 11.6 Å². The minimum atomic E-state index is -0.287. The highest BCUT2D eigenvalue weighted by Gasteiger charge is 2.37. The summed E-state index contributed by atoms with van der Waals surface area (Å²) >= 11 is 0. The summed E-state index contributed by atoms with van der Waals surface area (Å²) in [5.74, 6) is -0.389. The maximum absolute atomic E-state index is 13.6. The molecule has 2 aliphatic heterocycles. The molecule has 2 aromatic rings.